The summed E-state index contributed by atoms with van der Waals surface area (Å²) in [6.07, 6.45) is 7.99. The van der Waals surface area contributed by atoms with Gasteiger partial charge in [0, 0.05) is 30.7 Å². The molecule has 1 aliphatic heterocycles. The van der Waals surface area contributed by atoms with E-state index < -0.39 is 6.35 Å². The number of aliphatic hydroxyl groups excluding tert-OH is 1. The number of rotatable bonds is 6. The molecule has 0 bridgehead atoms. The Bertz CT molecular complexity index is 843. The molecule has 31 heavy (non-hydrogen) atoms. The first kappa shape index (κ1) is 21.1. The molecule has 4 nitrogen and oxygen atoms in total. The minimum Gasteiger partial charge on any atom is -0.365 e. The van der Waals surface area contributed by atoms with Crippen molar-refractivity contribution in [3.63, 3.8) is 0 Å². The Morgan fingerprint density at radius 1 is 0.935 bits per heavy atom. The van der Waals surface area contributed by atoms with Gasteiger partial charge in [0.2, 0.25) is 0 Å². The van der Waals surface area contributed by atoms with Crippen LogP contribution in [-0.4, -0.2) is 46.9 Å². The van der Waals surface area contributed by atoms with E-state index >= 15 is 0 Å². The van der Waals surface area contributed by atoms with Crippen LogP contribution >= 0.6 is 0 Å². The zero-order chi connectivity index (χ0) is 21.3. The van der Waals surface area contributed by atoms with E-state index in [1.54, 1.807) is 0 Å². The third-order valence-electron chi connectivity index (χ3n) is 8.46. The maximum Gasteiger partial charge on any atom is 0.166 e. The summed E-state index contributed by atoms with van der Waals surface area (Å²) in [7, 11) is 2.11. The van der Waals surface area contributed by atoms with E-state index in [1.807, 2.05) is 0 Å². The molecule has 1 heterocycles. The van der Waals surface area contributed by atoms with Crippen LogP contribution in [0.25, 0.3) is 0 Å². The van der Waals surface area contributed by atoms with Crippen LogP contribution in [0, 0.1) is 5.92 Å². The van der Waals surface area contributed by atoms with Crippen LogP contribution in [0.1, 0.15) is 56.1 Å². The lowest BCUT2D eigenvalue weighted by atomic mass is 9.68. The summed E-state index contributed by atoms with van der Waals surface area (Å²) in [5.74, 6) is 0.758. The van der Waals surface area contributed by atoms with E-state index in [1.165, 1.54) is 30.4 Å². The van der Waals surface area contributed by atoms with Crippen molar-refractivity contribution in [3.05, 3.63) is 71.8 Å². The summed E-state index contributed by atoms with van der Waals surface area (Å²) in [5, 5.41) is 15.1. The molecule has 1 saturated heterocycles. The molecule has 5 rings (SSSR count). The molecule has 3 fully saturated rings. The van der Waals surface area contributed by atoms with E-state index in [9.17, 15) is 5.11 Å². The van der Waals surface area contributed by atoms with Gasteiger partial charge in [0.05, 0.1) is 0 Å². The van der Waals surface area contributed by atoms with Gasteiger partial charge in [0.25, 0.3) is 0 Å². The molecule has 2 saturated carbocycles. The molecule has 1 atom stereocenters. The van der Waals surface area contributed by atoms with Crippen molar-refractivity contribution in [3.8, 4) is 0 Å². The van der Waals surface area contributed by atoms with E-state index in [2.05, 4.69) is 82.8 Å². The predicted molar refractivity (Wildman–Crippen MR) is 125 cm³/mol. The van der Waals surface area contributed by atoms with Crippen molar-refractivity contribution in [2.75, 3.05) is 20.1 Å². The van der Waals surface area contributed by atoms with Gasteiger partial charge in [0.15, 0.2) is 6.35 Å². The summed E-state index contributed by atoms with van der Waals surface area (Å²) in [4.78, 5) is 4.80. The molecule has 166 valence electrons. The molecule has 2 aromatic rings. The molecule has 1 unspecified atom stereocenters. The number of hydrogen-bond acceptors (Lipinski definition) is 4. The molecule has 2 N–H and O–H groups in total. The first-order valence-electron chi connectivity index (χ1n) is 12.1. The largest absolute Gasteiger partial charge is 0.365 e. The Balaban J connectivity index is 1.37. The molecule has 1 spiro atoms. The fourth-order valence-electron chi connectivity index (χ4n) is 6.22. The Kier molecular flexibility index (Phi) is 5.91. The molecule has 2 aromatic carbocycles. The highest BCUT2D eigenvalue weighted by Crippen LogP contribution is 2.48. The van der Waals surface area contributed by atoms with E-state index in [4.69, 9.17) is 0 Å². The zero-order valence-corrected chi connectivity index (χ0v) is 18.8. The van der Waals surface area contributed by atoms with Crippen LogP contribution in [0.15, 0.2) is 60.7 Å². The third-order valence-corrected chi connectivity index (χ3v) is 8.46. The van der Waals surface area contributed by atoms with Crippen LogP contribution in [0.5, 0.6) is 0 Å². The maximum absolute atomic E-state index is 11.4. The number of hydrogen-bond donors (Lipinski definition) is 2. The van der Waals surface area contributed by atoms with E-state index in [-0.39, 0.29) is 11.1 Å². The lowest BCUT2D eigenvalue weighted by molar-refractivity contribution is -0.100. The summed E-state index contributed by atoms with van der Waals surface area (Å²) < 4.78 is 0. The Hall–Kier alpha value is -1.72. The van der Waals surface area contributed by atoms with Gasteiger partial charge in [-0.3, -0.25) is 9.80 Å². The van der Waals surface area contributed by atoms with Gasteiger partial charge in [-0.05, 0) is 62.6 Å². The van der Waals surface area contributed by atoms with Crippen LogP contribution in [0.4, 0.5) is 0 Å². The van der Waals surface area contributed by atoms with E-state index in [0.29, 0.717) is 0 Å². The van der Waals surface area contributed by atoms with Gasteiger partial charge < -0.3 is 10.4 Å². The van der Waals surface area contributed by atoms with Crippen LogP contribution in [0.3, 0.4) is 0 Å². The smallest absolute Gasteiger partial charge is 0.166 e. The van der Waals surface area contributed by atoms with Crippen molar-refractivity contribution in [2.24, 2.45) is 5.92 Å². The molecule has 0 radical (unpaired) electrons. The van der Waals surface area contributed by atoms with Gasteiger partial charge in [-0.15, -0.1) is 0 Å². The van der Waals surface area contributed by atoms with Gasteiger partial charge in [-0.2, -0.15) is 0 Å². The molecule has 2 aliphatic carbocycles. The van der Waals surface area contributed by atoms with Gasteiger partial charge in [-0.1, -0.05) is 67.1 Å². The fraction of sp³-hybridized carbons (Fsp3) is 0.556. The summed E-state index contributed by atoms with van der Waals surface area (Å²) >= 11 is 0. The summed E-state index contributed by atoms with van der Waals surface area (Å²) in [5.41, 5.74) is 2.81. The van der Waals surface area contributed by atoms with E-state index in [0.717, 1.165) is 51.2 Å². The van der Waals surface area contributed by atoms with Crippen molar-refractivity contribution < 1.29 is 5.11 Å². The Morgan fingerprint density at radius 2 is 1.58 bits per heavy atom. The molecule has 4 heteroatoms. The van der Waals surface area contributed by atoms with Crippen molar-refractivity contribution in [1.29, 1.82) is 0 Å². The topological polar surface area (TPSA) is 38.7 Å². The van der Waals surface area contributed by atoms with Crippen molar-refractivity contribution >= 4 is 0 Å². The normalized spacial score (nSPS) is 32.4. The highest BCUT2D eigenvalue weighted by atomic mass is 16.3. The lowest BCUT2D eigenvalue weighted by Crippen LogP contribution is -2.57. The monoisotopic (exact) mass is 419 g/mol. The standard InChI is InChI=1S/C27H37N3O/c1-28-27(24-13-6-3-7-14-24)17-15-26(16-18-27)21-29(19-22-9-4-2-5-10-22)25(31)30(26)20-23-11-8-12-23/h2-7,9-10,13-14,23,25,28,31H,8,11-12,15-21H2,1H3. The second kappa shape index (κ2) is 8.67. The minimum absolute atomic E-state index is 0.0481. The second-order valence-electron chi connectivity index (χ2n) is 10.1. The molecule has 0 aromatic heterocycles. The maximum atomic E-state index is 11.4. The van der Waals surface area contributed by atoms with Crippen LogP contribution < -0.4 is 5.32 Å². The second-order valence-corrected chi connectivity index (χ2v) is 10.1. The number of benzene rings is 2. The fourth-order valence-corrected chi connectivity index (χ4v) is 6.22. The van der Waals surface area contributed by atoms with Crippen LogP contribution in [-0.2, 0) is 12.1 Å². The summed E-state index contributed by atoms with van der Waals surface area (Å²) in [6.45, 7) is 2.83. The lowest BCUT2D eigenvalue weighted by Gasteiger charge is -2.50. The average molecular weight is 420 g/mol. The van der Waals surface area contributed by atoms with Gasteiger partial charge >= 0.3 is 0 Å². The quantitative estimate of drug-likeness (QED) is 0.732. The number of aliphatic hydroxyl groups is 1. The Labute approximate surface area is 187 Å². The highest BCUT2D eigenvalue weighted by molar-refractivity contribution is 5.26. The SMILES string of the molecule is CNC1(c2ccccc2)CCC2(CC1)CN(Cc1ccccc1)C(O)N2CC1CCC1. The highest BCUT2D eigenvalue weighted by Gasteiger charge is 2.54. The number of nitrogens with one attached hydrogen (secondary N) is 1. The summed E-state index contributed by atoms with van der Waals surface area (Å²) in [6, 6.07) is 21.6. The third kappa shape index (κ3) is 3.95. The predicted octanol–water partition coefficient (Wildman–Crippen LogP) is 4.31. The number of nitrogens with zero attached hydrogens (tertiary/aromatic N) is 2. The van der Waals surface area contributed by atoms with Crippen LogP contribution in [0.2, 0.25) is 0 Å². The van der Waals surface area contributed by atoms with Gasteiger partial charge in [-0.25, -0.2) is 0 Å². The Morgan fingerprint density at radius 3 is 2.16 bits per heavy atom. The molecular weight excluding hydrogens is 382 g/mol. The molecule has 0 amide bonds. The first-order valence-corrected chi connectivity index (χ1v) is 12.1. The molecule has 3 aliphatic rings. The van der Waals surface area contributed by atoms with Crippen molar-refractivity contribution in [1.82, 2.24) is 15.1 Å². The average Bonchev–Trinajstić information content (AvgIpc) is 3.03. The minimum atomic E-state index is -0.473. The zero-order valence-electron chi connectivity index (χ0n) is 18.8. The molecular formula is C27H37N3O. The van der Waals surface area contributed by atoms with Gasteiger partial charge in [0.1, 0.15) is 0 Å². The first-order chi connectivity index (χ1) is 15.1. The van der Waals surface area contributed by atoms with Crippen molar-refractivity contribution in [2.45, 2.75) is 68.9 Å².